The summed E-state index contributed by atoms with van der Waals surface area (Å²) in [6, 6.07) is 11.1. The molecule has 0 saturated carbocycles. The molecule has 0 amide bonds. The number of thiophene rings is 1. The first-order chi connectivity index (χ1) is 11.5. The van der Waals surface area contributed by atoms with Crippen molar-refractivity contribution in [1.82, 2.24) is 4.31 Å². The Hall–Kier alpha value is -1.50. The third-order valence-electron chi connectivity index (χ3n) is 4.43. The molecule has 1 atom stereocenters. The number of aryl methyl sites for hydroxylation is 1. The van der Waals surface area contributed by atoms with E-state index in [1.165, 1.54) is 15.6 Å². The summed E-state index contributed by atoms with van der Waals surface area (Å²) in [6.07, 6.45) is 1.49. The van der Waals surface area contributed by atoms with Crippen molar-refractivity contribution in [2.45, 2.75) is 25.5 Å². The van der Waals surface area contributed by atoms with Crippen LogP contribution >= 0.6 is 11.3 Å². The second-order valence-corrected chi connectivity index (χ2v) is 9.12. The van der Waals surface area contributed by atoms with Crippen LogP contribution in [0.15, 0.2) is 41.8 Å². The summed E-state index contributed by atoms with van der Waals surface area (Å²) in [7, 11) is -3.40. The third kappa shape index (κ3) is 3.77. The molecule has 1 saturated heterocycles. The summed E-state index contributed by atoms with van der Waals surface area (Å²) in [6.45, 7) is 2.73. The van der Waals surface area contributed by atoms with Crippen LogP contribution in [0.5, 0.6) is 0 Å². The number of benzene rings is 1. The standard InChI is InChI=1S/C18H21NO3S2/c1-14-9-11-23-18(14)17(20)16-8-5-10-19(12-16)24(21,22)13-15-6-3-2-4-7-15/h2-4,6-7,9,11,16H,5,8,10,12-13H2,1H3/t16-/m1/s1. The van der Waals surface area contributed by atoms with Gasteiger partial charge in [0.1, 0.15) is 0 Å². The molecule has 0 unspecified atom stereocenters. The van der Waals surface area contributed by atoms with Crippen LogP contribution in [0.4, 0.5) is 0 Å². The van der Waals surface area contributed by atoms with Gasteiger partial charge in [0.25, 0.3) is 0 Å². The quantitative estimate of drug-likeness (QED) is 0.764. The zero-order chi connectivity index (χ0) is 17.2. The fourth-order valence-electron chi connectivity index (χ4n) is 3.10. The number of Topliss-reactive ketones (excluding diaryl/α,β-unsaturated/α-hetero) is 1. The molecule has 3 rings (SSSR count). The molecule has 1 aromatic heterocycles. The number of rotatable bonds is 5. The summed E-state index contributed by atoms with van der Waals surface area (Å²) >= 11 is 1.45. The van der Waals surface area contributed by atoms with E-state index in [1.807, 2.05) is 48.7 Å². The SMILES string of the molecule is Cc1ccsc1C(=O)[C@@H]1CCCN(S(=O)(=O)Cc2ccccc2)C1. The minimum absolute atomic E-state index is 0.00716. The lowest BCUT2D eigenvalue weighted by Gasteiger charge is -2.31. The second-order valence-electron chi connectivity index (χ2n) is 6.24. The number of nitrogens with zero attached hydrogens (tertiary/aromatic N) is 1. The molecule has 1 fully saturated rings. The zero-order valence-corrected chi connectivity index (χ0v) is 15.3. The van der Waals surface area contributed by atoms with Gasteiger partial charge in [-0.2, -0.15) is 0 Å². The minimum Gasteiger partial charge on any atom is -0.293 e. The van der Waals surface area contributed by atoms with Gasteiger partial charge in [-0.1, -0.05) is 30.3 Å². The molecule has 0 radical (unpaired) electrons. The second kappa shape index (κ2) is 7.17. The minimum atomic E-state index is -3.40. The summed E-state index contributed by atoms with van der Waals surface area (Å²) in [5, 5.41) is 1.91. The van der Waals surface area contributed by atoms with Crippen molar-refractivity contribution < 1.29 is 13.2 Å². The Balaban J connectivity index is 1.73. The molecule has 2 heterocycles. The van der Waals surface area contributed by atoms with Crippen LogP contribution in [0, 0.1) is 12.8 Å². The number of ketones is 1. The maximum atomic E-state index is 12.7. The molecule has 1 aliphatic rings. The van der Waals surface area contributed by atoms with Crippen LogP contribution in [0.2, 0.25) is 0 Å². The Morgan fingerprint density at radius 2 is 2.00 bits per heavy atom. The predicted molar refractivity (Wildman–Crippen MR) is 96.7 cm³/mol. The van der Waals surface area contributed by atoms with Crippen LogP contribution in [0.3, 0.4) is 0 Å². The van der Waals surface area contributed by atoms with Crippen LogP contribution < -0.4 is 0 Å². The van der Waals surface area contributed by atoms with Crippen LogP contribution in [0.1, 0.15) is 33.6 Å². The largest absolute Gasteiger partial charge is 0.293 e. The fraction of sp³-hybridized carbons (Fsp3) is 0.389. The van der Waals surface area contributed by atoms with E-state index in [0.717, 1.165) is 28.8 Å². The summed E-state index contributed by atoms with van der Waals surface area (Å²) in [5.41, 5.74) is 1.76. The van der Waals surface area contributed by atoms with Crippen LogP contribution in [-0.2, 0) is 15.8 Å². The van der Waals surface area contributed by atoms with Crippen LogP contribution in [0.25, 0.3) is 0 Å². The van der Waals surface area contributed by atoms with Crippen molar-refractivity contribution in [2.24, 2.45) is 5.92 Å². The molecule has 1 aliphatic heterocycles. The van der Waals surface area contributed by atoms with E-state index in [2.05, 4.69) is 0 Å². The highest BCUT2D eigenvalue weighted by atomic mass is 32.2. The van der Waals surface area contributed by atoms with Gasteiger partial charge in [0.05, 0.1) is 10.6 Å². The van der Waals surface area contributed by atoms with E-state index in [9.17, 15) is 13.2 Å². The van der Waals surface area contributed by atoms with E-state index in [4.69, 9.17) is 0 Å². The highest BCUT2D eigenvalue weighted by Gasteiger charge is 2.33. The molecular weight excluding hydrogens is 342 g/mol. The average Bonchev–Trinajstić information content (AvgIpc) is 3.01. The molecule has 24 heavy (non-hydrogen) atoms. The zero-order valence-electron chi connectivity index (χ0n) is 13.6. The first-order valence-electron chi connectivity index (χ1n) is 8.07. The van der Waals surface area contributed by atoms with E-state index in [-0.39, 0.29) is 17.5 Å². The third-order valence-corrected chi connectivity index (χ3v) is 7.27. The molecule has 1 aromatic carbocycles. The molecule has 0 aliphatic carbocycles. The first kappa shape index (κ1) is 17.3. The van der Waals surface area contributed by atoms with E-state index in [1.54, 1.807) is 0 Å². The van der Waals surface area contributed by atoms with Gasteiger partial charge in [-0.3, -0.25) is 4.79 Å². The van der Waals surface area contributed by atoms with Gasteiger partial charge in [-0.05, 0) is 42.3 Å². The molecular formula is C18H21NO3S2. The van der Waals surface area contributed by atoms with E-state index in [0.29, 0.717) is 13.1 Å². The Labute approximate surface area is 147 Å². The van der Waals surface area contributed by atoms with Crippen molar-refractivity contribution >= 4 is 27.1 Å². The lowest BCUT2D eigenvalue weighted by atomic mass is 9.93. The van der Waals surface area contributed by atoms with Gasteiger partial charge in [-0.15, -0.1) is 11.3 Å². The molecule has 4 nitrogen and oxygen atoms in total. The summed E-state index contributed by atoms with van der Waals surface area (Å²) < 4.78 is 26.9. The molecule has 6 heteroatoms. The van der Waals surface area contributed by atoms with E-state index >= 15 is 0 Å². The Bertz CT molecular complexity index is 812. The first-order valence-corrected chi connectivity index (χ1v) is 10.6. The summed E-state index contributed by atoms with van der Waals surface area (Å²) in [4.78, 5) is 13.5. The van der Waals surface area contributed by atoms with Crippen molar-refractivity contribution in [1.29, 1.82) is 0 Å². The number of carbonyl (C=O) groups is 1. The van der Waals surface area contributed by atoms with Gasteiger partial charge in [0, 0.05) is 19.0 Å². The van der Waals surface area contributed by atoms with Gasteiger partial charge >= 0.3 is 0 Å². The van der Waals surface area contributed by atoms with Gasteiger partial charge in [0.15, 0.2) is 5.78 Å². The monoisotopic (exact) mass is 363 g/mol. The number of piperidine rings is 1. The average molecular weight is 364 g/mol. The van der Waals surface area contributed by atoms with E-state index < -0.39 is 10.0 Å². The topological polar surface area (TPSA) is 54.5 Å². The van der Waals surface area contributed by atoms with Crippen LogP contribution in [-0.4, -0.2) is 31.6 Å². The lowest BCUT2D eigenvalue weighted by molar-refractivity contribution is 0.0876. The Kier molecular flexibility index (Phi) is 5.18. The maximum Gasteiger partial charge on any atom is 0.218 e. The van der Waals surface area contributed by atoms with Gasteiger partial charge in [0.2, 0.25) is 10.0 Å². The van der Waals surface area contributed by atoms with Crippen molar-refractivity contribution in [2.75, 3.05) is 13.1 Å². The number of hydrogen-bond donors (Lipinski definition) is 0. The molecule has 128 valence electrons. The van der Waals surface area contributed by atoms with Gasteiger partial charge in [-0.25, -0.2) is 12.7 Å². The normalized spacial score (nSPS) is 19.3. The van der Waals surface area contributed by atoms with Gasteiger partial charge < -0.3 is 0 Å². The number of carbonyl (C=O) groups excluding carboxylic acids is 1. The number of hydrogen-bond acceptors (Lipinski definition) is 4. The van der Waals surface area contributed by atoms with Crippen molar-refractivity contribution in [3.8, 4) is 0 Å². The molecule has 2 aromatic rings. The molecule has 0 bridgehead atoms. The predicted octanol–water partition coefficient (Wildman–Crippen LogP) is 3.48. The van der Waals surface area contributed by atoms with Crippen molar-refractivity contribution in [3.63, 3.8) is 0 Å². The smallest absolute Gasteiger partial charge is 0.218 e. The Morgan fingerprint density at radius 1 is 1.25 bits per heavy atom. The number of sulfonamides is 1. The summed E-state index contributed by atoms with van der Waals surface area (Å²) in [5.74, 6) is -0.156. The molecule has 0 spiro atoms. The Morgan fingerprint density at radius 3 is 2.67 bits per heavy atom. The highest BCUT2D eigenvalue weighted by Crippen LogP contribution is 2.27. The highest BCUT2D eigenvalue weighted by molar-refractivity contribution is 7.88. The molecule has 0 N–H and O–H groups in total. The maximum absolute atomic E-state index is 12.7. The van der Waals surface area contributed by atoms with Crippen molar-refractivity contribution in [3.05, 3.63) is 57.8 Å². The lowest BCUT2D eigenvalue weighted by Crippen LogP contribution is -2.42. The fourth-order valence-corrected chi connectivity index (χ4v) is 5.65.